The minimum absolute atomic E-state index is 0.841. The number of hydrogen-bond acceptors (Lipinski definition) is 4. The molecular formula is C15H17N3S. The molecule has 0 bridgehead atoms. The molecule has 1 aromatic heterocycles. The van der Waals surface area contributed by atoms with Gasteiger partial charge in [-0.15, -0.1) is 11.8 Å². The van der Waals surface area contributed by atoms with Crippen molar-refractivity contribution < 1.29 is 0 Å². The summed E-state index contributed by atoms with van der Waals surface area (Å²) in [5.41, 5.74) is 3.52. The van der Waals surface area contributed by atoms with Gasteiger partial charge in [-0.1, -0.05) is 19.1 Å². The topological polar surface area (TPSA) is 37.8 Å². The van der Waals surface area contributed by atoms with Crippen LogP contribution in [0.5, 0.6) is 0 Å². The van der Waals surface area contributed by atoms with E-state index in [4.69, 9.17) is 4.98 Å². The van der Waals surface area contributed by atoms with Gasteiger partial charge in [0.15, 0.2) is 5.82 Å². The molecule has 3 rings (SSSR count). The van der Waals surface area contributed by atoms with Crippen LogP contribution in [0.3, 0.4) is 0 Å². The molecule has 2 aromatic rings. The lowest BCUT2D eigenvalue weighted by molar-refractivity contribution is 0.626. The van der Waals surface area contributed by atoms with Crippen molar-refractivity contribution in [1.82, 2.24) is 15.3 Å². The number of hydrogen-bond donors (Lipinski definition) is 1. The van der Waals surface area contributed by atoms with Gasteiger partial charge >= 0.3 is 0 Å². The number of nitrogens with one attached hydrogen (secondary N) is 1. The van der Waals surface area contributed by atoms with E-state index >= 15 is 0 Å². The van der Waals surface area contributed by atoms with Gasteiger partial charge in [0.25, 0.3) is 0 Å². The fraction of sp³-hybridized carbons (Fsp3) is 0.333. The van der Waals surface area contributed by atoms with E-state index in [1.165, 1.54) is 16.2 Å². The molecule has 0 spiro atoms. The first-order chi connectivity index (χ1) is 9.36. The Morgan fingerprint density at radius 3 is 2.89 bits per heavy atom. The average molecular weight is 271 g/mol. The molecule has 0 atom stereocenters. The summed E-state index contributed by atoms with van der Waals surface area (Å²) in [7, 11) is 0. The van der Waals surface area contributed by atoms with Gasteiger partial charge in [-0.2, -0.15) is 0 Å². The minimum atomic E-state index is 0.841. The summed E-state index contributed by atoms with van der Waals surface area (Å²) in [6, 6.07) is 8.52. The highest BCUT2D eigenvalue weighted by Crippen LogP contribution is 2.23. The molecule has 0 fully saturated rings. The third-order valence-electron chi connectivity index (χ3n) is 3.23. The fourth-order valence-electron chi connectivity index (χ4n) is 2.24. The SMILES string of the molecule is CCSc1ccc(-c2ncc3c(n2)CCNC3)cc1. The van der Waals surface area contributed by atoms with E-state index in [0.29, 0.717) is 0 Å². The zero-order valence-electron chi connectivity index (χ0n) is 11.0. The van der Waals surface area contributed by atoms with Crippen molar-refractivity contribution in [3.05, 3.63) is 41.7 Å². The summed E-state index contributed by atoms with van der Waals surface area (Å²) >= 11 is 1.85. The normalized spacial score (nSPS) is 14.2. The van der Waals surface area contributed by atoms with Crippen molar-refractivity contribution in [2.75, 3.05) is 12.3 Å². The lowest BCUT2D eigenvalue weighted by Gasteiger charge is -2.16. The van der Waals surface area contributed by atoms with E-state index in [0.717, 1.165) is 36.7 Å². The molecule has 2 heterocycles. The number of rotatable bonds is 3. The Kier molecular flexibility index (Phi) is 3.80. The molecule has 0 radical (unpaired) electrons. The largest absolute Gasteiger partial charge is 0.312 e. The van der Waals surface area contributed by atoms with E-state index in [9.17, 15) is 0 Å². The lowest BCUT2D eigenvalue weighted by Crippen LogP contribution is -2.24. The standard InChI is InChI=1S/C15H17N3S/c1-2-19-13-5-3-11(4-6-13)15-17-10-12-9-16-8-7-14(12)18-15/h3-6,10,16H,2,7-9H2,1H3. The molecule has 1 N–H and O–H groups in total. The van der Waals surface area contributed by atoms with E-state index in [1.807, 2.05) is 18.0 Å². The highest BCUT2D eigenvalue weighted by Gasteiger charge is 2.12. The van der Waals surface area contributed by atoms with Gasteiger partial charge in [-0.25, -0.2) is 9.97 Å². The van der Waals surface area contributed by atoms with Crippen LogP contribution in [0.15, 0.2) is 35.4 Å². The van der Waals surface area contributed by atoms with Gasteiger partial charge in [0.1, 0.15) is 0 Å². The van der Waals surface area contributed by atoms with Gasteiger partial charge in [0.2, 0.25) is 0 Å². The maximum Gasteiger partial charge on any atom is 0.159 e. The summed E-state index contributed by atoms with van der Waals surface area (Å²) in [5.74, 6) is 1.94. The molecule has 0 saturated carbocycles. The molecule has 19 heavy (non-hydrogen) atoms. The molecule has 0 amide bonds. The summed E-state index contributed by atoms with van der Waals surface area (Å²) in [6.45, 7) is 4.07. The monoisotopic (exact) mass is 271 g/mol. The Bertz CT molecular complexity index is 566. The Morgan fingerprint density at radius 2 is 2.11 bits per heavy atom. The van der Waals surface area contributed by atoms with Crippen molar-refractivity contribution >= 4 is 11.8 Å². The molecule has 0 unspecified atom stereocenters. The second-order valence-electron chi connectivity index (χ2n) is 4.55. The second kappa shape index (κ2) is 5.72. The zero-order chi connectivity index (χ0) is 13.1. The molecule has 4 heteroatoms. The van der Waals surface area contributed by atoms with Gasteiger partial charge in [0, 0.05) is 41.7 Å². The van der Waals surface area contributed by atoms with Crippen LogP contribution in [-0.2, 0) is 13.0 Å². The van der Waals surface area contributed by atoms with E-state index in [1.54, 1.807) is 0 Å². The number of nitrogens with zero attached hydrogens (tertiary/aromatic N) is 2. The summed E-state index contributed by atoms with van der Waals surface area (Å²) < 4.78 is 0. The van der Waals surface area contributed by atoms with Crippen LogP contribution in [-0.4, -0.2) is 22.3 Å². The number of thioether (sulfide) groups is 1. The fourth-order valence-corrected chi connectivity index (χ4v) is 2.90. The van der Waals surface area contributed by atoms with Crippen molar-refractivity contribution in [2.45, 2.75) is 24.8 Å². The quantitative estimate of drug-likeness (QED) is 0.871. The molecule has 98 valence electrons. The average Bonchev–Trinajstić information content (AvgIpc) is 2.48. The van der Waals surface area contributed by atoms with Crippen LogP contribution < -0.4 is 5.32 Å². The highest BCUT2D eigenvalue weighted by atomic mass is 32.2. The van der Waals surface area contributed by atoms with Gasteiger partial charge < -0.3 is 5.32 Å². The van der Waals surface area contributed by atoms with Crippen LogP contribution in [0.2, 0.25) is 0 Å². The molecule has 0 aliphatic carbocycles. The molecule has 0 saturated heterocycles. The second-order valence-corrected chi connectivity index (χ2v) is 5.89. The van der Waals surface area contributed by atoms with Crippen LogP contribution in [0, 0.1) is 0 Å². The molecule has 1 aliphatic rings. The Morgan fingerprint density at radius 1 is 1.26 bits per heavy atom. The van der Waals surface area contributed by atoms with Gasteiger partial charge in [-0.05, 0) is 17.9 Å². The number of aromatic nitrogens is 2. The summed E-state index contributed by atoms with van der Waals surface area (Å²) in [4.78, 5) is 10.5. The minimum Gasteiger partial charge on any atom is -0.312 e. The maximum absolute atomic E-state index is 4.70. The first-order valence-corrected chi connectivity index (χ1v) is 7.64. The van der Waals surface area contributed by atoms with Crippen LogP contribution in [0.25, 0.3) is 11.4 Å². The number of benzene rings is 1. The van der Waals surface area contributed by atoms with E-state index in [-0.39, 0.29) is 0 Å². The van der Waals surface area contributed by atoms with Crippen molar-refractivity contribution in [2.24, 2.45) is 0 Å². The van der Waals surface area contributed by atoms with Crippen LogP contribution in [0.1, 0.15) is 18.2 Å². The first-order valence-electron chi connectivity index (χ1n) is 6.65. The van der Waals surface area contributed by atoms with Crippen LogP contribution in [0.4, 0.5) is 0 Å². The highest BCUT2D eigenvalue weighted by molar-refractivity contribution is 7.99. The molecule has 3 nitrogen and oxygen atoms in total. The van der Waals surface area contributed by atoms with Gasteiger partial charge in [0.05, 0.1) is 5.69 Å². The van der Waals surface area contributed by atoms with E-state index in [2.05, 4.69) is 41.5 Å². The Hall–Kier alpha value is -1.39. The summed E-state index contributed by atoms with van der Waals surface area (Å²) in [6.07, 6.45) is 2.95. The van der Waals surface area contributed by atoms with E-state index < -0.39 is 0 Å². The smallest absolute Gasteiger partial charge is 0.159 e. The van der Waals surface area contributed by atoms with Crippen molar-refractivity contribution in [3.63, 3.8) is 0 Å². The third-order valence-corrected chi connectivity index (χ3v) is 4.13. The van der Waals surface area contributed by atoms with Gasteiger partial charge in [-0.3, -0.25) is 0 Å². The first kappa shape index (κ1) is 12.6. The summed E-state index contributed by atoms with van der Waals surface area (Å²) in [5, 5.41) is 3.34. The zero-order valence-corrected chi connectivity index (χ0v) is 11.8. The Labute approximate surface area is 117 Å². The van der Waals surface area contributed by atoms with Crippen molar-refractivity contribution in [3.8, 4) is 11.4 Å². The predicted octanol–water partition coefficient (Wildman–Crippen LogP) is 2.90. The predicted molar refractivity (Wildman–Crippen MR) is 79.3 cm³/mol. The Balaban J connectivity index is 1.89. The number of fused-ring (bicyclic) bond motifs is 1. The van der Waals surface area contributed by atoms with Crippen LogP contribution >= 0.6 is 11.8 Å². The van der Waals surface area contributed by atoms with Crippen molar-refractivity contribution in [1.29, 1.82) is 0 Å². The maximum atomic E-state index is 4.70. The molecule has 1 aliphatic heterocycles. The third kappa shape index (κ3) is 2.80. The molecule has 1 aromatic carbocycles. The lowest BCUT2D eigenvalue weighted by atomic mass is 10.1. The molecular weight excluding hydrogens is 254 g/mol.